The molecule has 0 atom stereocenters. The number of hydrogen-bond acceptors (Lipinski definition) is 4. The monoisotopic (exact) mass is 407 g/mol. The molecule has 0 aliphatic carbocycles. The molecule has 1 saturated heterocycles. The Hall–Kier alpha value is -3.31. The van der Waals surface area contributed by atoms with Crippen molar-refractivity contribution in [3.8, 4) is 11.1 Å². The van der Waals surface area contributed by atoms with E-state index in [1.165, 1.54) is 0 Å². The SMILES string of the molecule is [2H]c1c([2H])c([2H])c(-c2c([2H])c([2H])c([2H])c(C([2H])([2H])N3C([2H])([2H])C([2H])([2H])N(c4c([2H])c([2H])c([2H])c5[nH]c(=O)oc45)C([2H])([2H])C3([2H])[2H])c2[2H])c([2H])c1[2H]. The summed E-state index contributed by atoms with van der Waals surface area (Å²) in [4.78, 5) is 13.2. The first-order valence-corrected chi connectivity index (χ1v) is 7.95. The van der Waals surface area contributed by atoms with E-state index in [1.807, 2.05) is 4.98 Å². The number of piperazine rings is 1. The molecule has 3 aromatic carbocycles. The van der Waals surface area contributed by atoms with Crippen LogP contribution in [0.1, 0.15) is 35.7 Å². The Morgan fingerprint density at radius 1 is 0.966 bits per heavy atom. The number of benzene rings is 3. The number of hydrogen-bond donors (Lipinski definition) is 1. The van der Waals surface area contributed by atoms with Crippen LogP contribution in [-0.4, -0.2) is 35.9 Å². The Labute approximate surface area is 200 Å². The van der Waals surface area contributed by atoms with Crippen LogP contribution in [0.15, 0.2) is 81.7 Å². The molecule has 0 radical (unpaired) electrons. The minimum Gasteiger partial charge on any atom is -0.406 e. The van der Waals surface area contributed by atoms with E-state index in [4.69, 9.17) is 34.6 Å². The van der Waals surface area contributed by atoms with Gasteiger partial charge in [0, 0.05) is 40.7 Å². The van der Waals surface area contributed by atoms with E-state index >= 15 is 0 Å². The van der Waals surface area contributed by atoms with Crippen molar-refractivity contribution < 1.29 is 34.6 Å². The van der Waals surface area contributed by atoms with Crippen LogP contribution in [0.2, 0.25) is 0 Å². The Morgan fingerprint density at radius 3 is 2.55 bits per heavy atom. The second-order valence-corrected chi connectivity index (χ2v) is 5.42. The number of fused-ring (bicyclic) bond motifs is 1. The number of anilines is 1. The first-order valence-electron chi connectivity index (χ1n) is 19.0. The van der Waals surface area contributed by atoms with Gasteiger partial charge in [-0.25, -0.2) is 4.79 Å². The van der Waals surface area contributed by atoms with E-state index in [0.717, 1.165) is 0 Å². The van der Waals surface area contributed by atoms with E-state index in [1.54, 1.807) is 0 Å². The lowest BCUT2D eigenvalue weighted by atomic mass is 10.0. The van der Waals surface area contributed by atoms with Gasteiger partial charge < -0.3 is 9.32 Å². The highest BCUT2D eigenvalue weighted by Crippen LogP contribution is 2.26. The van der Waals surface area contributed by atoms with Crippen LogP contribution in [-0.2, 0) is 6.50 Å². The molecule has 0 saturated carbocycles. The molecule has 4 aromatic rings. The Morgan fingerprint density at radius 2 is 1.72 bits per heavy atom. The van der Waals surface area contributed by atoms with Crippen molar-refractivity contribution in [2.45, 2.75) is 6.50 Å². The van der Waals surface area contributed by atoms with Crippen LogP contribution in [0, 0.1) is 0 Å². The molecule has 146 valence electrons. The van der Waals surface area contributed by atoms with Crippen LogP contribution in [0.5, 0.6) is 0 Å². The molecule has 1 aromatic heterocycles. The summed E-state index contributed by atoms with van der Waals surface area (Å²) < 4.78 is 193. The number of aromatic nitrogens is 1. The third-order valence-electron chi connectivity index (χ3n) is 3.60. The zero-order valence-corrected chi connectivity index (χ0v) is 14.2. The van der Waals surface area contributed by atoms with Gasteiger partial charge in [-0.1, -0.05) is 54.4 Å². The number of para-hydroxylation sites is 1. The zero-order chi connectivity index (χ0) is 39.0. The van der Waals surface area contributed by atoms with Crippen molar-refractivity contribution in [1.29, 1.82) is 0 Å². The number of H-pyrrole nitrogens is 1. The second-order valence-electron chi connectivity index (χ2n) is 5.42. The molecular formula is C24H23N3O2. The second kappa shape index (κ2) is 7.60. The number of aromatic amines is 1. The average molecular weight is 408 g/mol. The lowest BCUT2D eigenvalue weighted by Crippen LogP contribution is -2.46. The standard InChI is InChI=1S/C24H23N3O2/c28-24-25-21-10-5-11-22(23(21)29-24)27-14-12-26(13-15-27)17-18-6-4-9-20(16-18)19-7-2-1-3-8-19/h1-11,16H,12-15,17H2,(H,25,28)/i1D,2D,3D,4D,5D,6D,7D,8D,9D,10D,11D,12D2,13D2,14D2,15D2,16D,17D2. The number of nitrogens with one attached hydrogen (secondary N) is 1. The van der Waals surface area contributed by atoms with Crippen LogP contribution in [0.4, 0.5) is 5.69 Å². The summed E-state index contributed by atoms with van der Waals surface area (Å²) in [6, 6.07) is -13.0. The van der Waals surface area contributed by atoms with Crippen LogP contribution in [0.3, 0.4) is 0 Å². The molecule has 29 heavy (non-hydrogen) atoms. The lowest BCUT2D eigenvalue weighted by Gasteiger charge is -2.36. The maximum absolute atomic E-state index is 12.1. The quantitative estimate of drug-likeness (QED) is 0.553. The zero-order valence-electron chi connectivity index (χ0n) is 36.2. The number of nitrogens with zero attached hydrogens (tertiary/aromatic N) is 2. The molecule has 5 heteroatoms. The molecule has 1 fully saturated rings. The van der Waals surface area contributed by atoms with Crippen molar-refractivity contribution in [2.24, 2.45) is 0 Å². The molecule has 1 N–H and O–H groups in total. The van der Waals surface area contributed by atoms with Gasteiger partial charge in [-0.3, -0.25) is 9.88 Å². The summed E-state index contributed by atoms with van der Waals surface area (Å²) in [7, 11) is 0. The minimum absolute atomic E-state index is 0.310. The molecule has 1 aliphatic heterocycles. The Kier molecular flexibility index (Phi) is 1.54. The molecule has 2 heterocycles. The van der Waals surface area contributed by atoms with Crippen molar-refractivity contribution in [3.63, 3.8) is 0 Å². The molecule has 0 unspecified atom stereocenters. The predicted molar refractivity (Wildman–Crippen MR) is 116 cm³/mol. The molecule has 0 bridgehead atoms. The lowest BCUT2D eigenvalue weighted by molar-refractivity contribution is 0.250. The number of rotatable bonds is 4. The minimum atomic E-state index is -4.15. The fourth-order valence-electron chi connectivity index (χ4n) is 2.39. The van der Waals surface area contributed by atoms with Gasteiger partial charge in [-0.2, -0.15) is 0 Å². The topological polar surface area (TPSA) is 52.5 Å². The van der Waals surface area contributed by atoms with E-state index in [0.29, 0.717) is 0 Å². The average Bonchev–Trinajstić information content (AvgIpc) is 3.40. The Balaban J connectivity index is 1.86. The Bertz CT molecular complexity index is 2170. The predicted octanol–water partition coefficient (Wildman–Crippen LogP) is 4.11. The highest BCUT2D eigenvalue weighted by atomic mass is 16.4. The van der Waals surface area contributed by atoms with Gasteiger partial charge in [0.15, 0.2) is 5.58 Å². The first kappa shape index (κ1) is 5.86. The van der Waals surface area contributed by atoms with Gasteiger partial charge >= 0.3 is 5.76 Å². The largest absolute Gasteiger partial charge is 0.417 e. The maximum atomic E-state index is 12.1. The van der Waals surface area contributed by atoms with Crippen molar-refractivity contribution >= 4 is 16.8 Å². The normalized spacial score (nSPS) is 33.4. The summed E-state index contributed by atoms with van der Waals surface area (Å²) in [5.41, 5.74) is -6.17. The van der Waals surface area contributed by atoms with Gasteiger partial charge in [0.25, 0.3) is 0 Å². The van der Waals surface area contributed by atoms with Crippen LogP contribution >= 0.6 is 0 Å². The molecule has 0 spiro atoms. The summed E-state index contributed by atoms with van der Waals surface area (Å²) in [5, 5.41) is 0. The van der Waals surface area contributed by atoms with E-state index in [-0.39, 0.29) is 4.90 Å². The third kappa shape index (κ3) is 3.69. The highest BCUT2D eigenvalue weighted by molar-refractivity contribution is 5.86. The fraction of sp³-hybridized carbons (Fsp3) is 0.208. The molecule has 0 amide bonds. The third-order valence-corrected chi connectivity index (χ3v) is 3.60. The summed E-state index contributed by atoms with van der Waals surface area (Å²) in [6.45, 7) is -20.4. The molecule has 1 aliphatic rings. The molecule has 5 nitrogen and oxygen atoms in total. The smallest absolute Gasteiger partial charge is 0.406 e. The van der Waals surface area contributed by atoms with Crippen molar-refractivity contribution in [3.05, 3.63) is 88.6 Å². The van der Waals surface area contributed by atoms with Gasteiger partial charge in [0.2, 0.25) is 0 Å². The van der Waals surface area contributed by atoms with E-state index < -0.39 is 149 Å². The van der Waals surface area contributed by atoms with Gasteiger partial charge in [0.05, 0.1) is 33.1 Å². The van der Waals surface area contributed by atoms with Gasteiger partial charge in [-0.15, -0.1) is 0 Å². The summed E-state index contributed by atoms with van der Waals surface area (Å²) in [6.07, 6.45) is 0. The fourth-order valence-corrected chi connectivity index (χ4v) is 2.39. The summed E-state index contributed by atoms with van der Waals surface area (Å²) >= 11 is 0. The van der Waals surface area contributed by atoms with Crippen molar-refractivity contribution in [2.75, 3.05) is 30.9 Å². The van der Waals surface area contributed by atoms with E-state index in [9.17, 15) is 4.79 Å². The molecule has 5 rings (SSSR count). The van der Waals surface area contributed by atoms with Crippen molar-refractivity contribution in [1.82, 2.24) is 9.88 Å². The summed E-state index contributed by atoms with van der Waals surface area (Å²) in [5.74, 6) is -1.32. The number of oxazole rings is 1. The van der Waals surface area contributed by atoms with E-state index in [2.05, 4.69) is 0 Å². The van der Waals surface area contributed by atoms with Gasteiger partial charge in [-0.05, 0) is 34.8 Å². The highest BCUT2D eigenvalue weighted by Gasteiger charge is 2.20. The molecular weight excluding hydrogens is 362 g/mol. The van der Waals surface area contributed by atoms with Crippen LogP contribution < -0.4 is 10.7 Å². The van der Waals surface area contributed by atoms with Crippen LogP contribution in [0.25, 0.3) is 22.2 Å². The maximum Gasteiger partial charge on any atom is 0.417 e. The first-order chi connectivity index (χ1) is 23.0. The van der Waals surface area contributed by atoms with Gasteiger partial charge in [0.1, 0.15) is 0 Å².